The van der Waals surface area contributed by atoms with E-state index >= 15 is 0 Å². The first-order chi connectivity index (χ1) is 14.3. The molecule has 0 unspecified atom stereocenters. The number of carbonyl (C=O) groups is 1. The smallest absolute Gasteiger partial charge is 0.332 e. The van der Waals surface area contributed by atoms with E-state index in [2.05, 4.69) is 24.3 Å². The Kier molecular flexibility index (Phi) is 5.92. The Morgan fingerprint density at radius 2 is 1.48 bits per heavy atom. The van der Waals surface area contributed by atoms with Crippen LogP contribution in [0.3, 0.4) is 0 Å². The van der Waals surface area contributed by atoms with Gasteiger partial charge in [0.1, 0.15) is 19.0 Å². The highest BCUT2D eigenvalue weighted by atomic mass is 16.6. The molecule has 1 aliphatic rings. The van der Waals surface area contributed by atoms with E-state index in [0.29, 0.717) is 19.8 Å². The van der Waals surface area contributed by atoms with Crippen LogP contribution in [0.2, 0.25) is 0 Å². The van der Waals surface area contributed by atoms with E-state index in [1.54, 1.807) is 0 Å². The lowest BCUT2D eigenvalue weighted by atomic mass is 9.98. The molecule has 29 heavy (non-hydrogen) atoms. The predicted octanol–water partition coefficient (Wildman–Crippen LogP) is 4.96. The number of benzene rings is 3. The van der Waals surface area contributed by atoms with Gasteiger partial charge >= 0.3 is 5.97 Å². The first-order valence-corrected chi connectivity index (χ1v) is 9.89. The van der Waals surface area contributed by atoms with Gasteiger partial charge in [0.05, 0.1) is 13.2 Å². The molecule has 0 heterocycles. The highest BCUT2D eigenvalue weighted by molar-refractivity contribution is 5.79. The number of fused-ring (bicyclic) bond motifs is 3. The van der Waals surface area contributed by atoms with Crippen molar-refractivity contribution in [3.8, 4) is 16.9 Å². The molecule has 0 spiro atoms. The highest BCUT2D eigenvalue weighted by Crippen LogP contribution is 2.44. The van der Waals surface area contributed by atoms with Gasteiger partial charge in [0.2, 0.25) is 0 Å². The third kappa shape index (κ3) is 4.33. The zero-order valence-corrected chi connectivity index (χ0v) is 16.5. The molecule has 3 aromatic carbocycles. The van der Waals surface area contributed by atoms with Crippen molar-refractivity contribution in [3.63, 3.8) is 0 Å². The van der Waals surface area contributed by atoms with Crippen molar-refractivity contribution in [2.45, 2.75) is 19.4 Å². The van der Waals surface area contributed by atoms with Gasteiger partial charge in [-0.15, -0.1) is 0 Å². The van der Waals surface area contributed by atoms with Gasteiger partial charge in [-0.2, -0.15) is 0 Å². The van der Waals surface area contributed by atoms with Gasteiger partial charge in [-0.25, -0.2) is 4.79 Å². The Balaban J connectivity index is 1.30. The molecular weight excluding hydrogens is 364 g/mol. The van der Waals surface area contributed by atoms with Gasteiger partial charge in [0.25, 0.3) is 0 Å². The van der Waals surface area contributed by atoms with Crippen molar-refractivity contribution < 1.29 is 19.0 Å². The first kappa shape index (κ1) is 19.2. The summed E-state index contributed by atoms with van der Waals surface area (Å²) in [5, 5.41) is 0. The summed E-state index contributed by atoms with van der Waals surface area (Å²) in [6, 6.07) is 24.3. The van der Waals surface area contributed by atoms with E-state index in [1.165, 1.54) is 22.3 Å². The molecule has 4 rings (SSSR count). The summed E-state index contributed by atoms with van der Waals surface area (Å²) in [6.07, 6.45) is 0. The quantitative estimate of drug-likeness (QED) is 0.512. The van der Waals surface area contributed by atoms with Crippen molar-refractivity contribution >= 4 is 5.97 Å². The van der Waals surface area contributed by atoms with Crippen LogP contribution >= 0.6 is 0 Å². The normalized spacial score (nSPS) is 12.3. The summed E-state index contributed by atoms with van der Waals surface area (Å²) >= 11 is 0. The molecule has 0 saturated carbocycles. The number of hydrogen-bond acceptors (Lipinski definition) is 4. The second kappa shape index (κ2) is 8.93. The van der Waals surface area contributed by atoms with E-state index in [9.17, 15) is 4.79 Å². The minimum absolute atomic E-state index is 0.0662. The highest BCUT2D eigenvalue weighted by Gasteiger charge is 2.28. The molecule has 4 heteroatoms. The third-order valence-corrected chi connectivity index (χ3v) is 5.10. The summed E-state index contributed by atoms with van der Waals surface area (Å²) in [4.78, 5) is 12.2. The van der Waals surface area contributed by atoms with Gasteiger partial charge in [-0.05, 0) is 46.9 Å². The van der Waals surface area contributed by atoms with Crippen molar-refractivity contribution in [1.29, 1.82) is 0 Å². The van der Waals surface area contributed by atoms with Gasteiger partial charge in [-0.1, -0.05) is 60.7 Å². The fraction of sp³-hybridized carbons (Fsp3) is 0.240. The Labute approximate surface area is 171 Å². The van der Waals surface area contributed by atoms with Crippen LogP contribution in [0.15, 0.2) is 72.8 Å². The fourth-order valence-electron chi connectivity index (χ4n) is 3.76. The summed E-state index contributed by atoms with van der Waals surface area (Å²) in [5.74, 6) is 0.544. The molecule has 0 N–H and O–H groups in total. The second-order valence-corrected chi connectivity index (χ2v) is 6.98. The zero-order valence-electron chi connectivity index (χ0n) is 16.5. The van der Waals surface area contributed by atoms with E-state index < -0.39 is 0 Å². The zero-order chi connectivity index (χ0) is 20.1. The number of esters is 1. The summed E-state index contributed by atoms with van der Waals surface area (Å²) in [6.45, 7) is 3.20. The molecule has 1 aliphatic carbocycles. The minimum atomic E-state index is -0.349. The average molecular weight is 388 g/mol. The maximum absolute atomic E-state index is 12.2. The van der Waals surface area contributed by atoms with Crippen LogP contribution in [0.4, 0.5) is 0 Å². The summed E-state index contributed by atoms with van der Waals surface area (Å²) < 4.78 is 16.5. The molecule has 3 aromatic rings. The topological polar surface area (TPSA) is 44.8 Å². The van der Waals surface area contributed by atoms with Crippen molar-refractivity contribution in [2.24, 2.45) is 0 Å². The van der Waals surface area contributed by atoms with E-state index in [4.69, 9.17) is 14.2 Å². The maximum atomic E-state index is 12.2. The molecular formula is C25H24O4. The Morgan fingerprint density at radius 1 is 0.862 bits per heavy atom. The van der Waals surface area contributed by atoms with Crippen LogP contribution in [-0.4, -0.2) is 25.8 Å². The van der Waals surface area contributed by atoms with Gasteiger partial charge < -0.3 is 14.2 Å². The van der Waals surface area contributed by atoms with E-state index in [-0.39, 0.29) is 18.5 Å². The lowest BCUT2D eigenvalue weighted by molar-refractivity contribution is -0.149. The van der Waals surface area contributed by atoms with Crippen LogP contribution in [0.1, 0.15) is 29.5 Å². The van der Waals surface area contributed by atoms with E-state index in [1.807, 2.05) is 55.5 Å². The molecule has 148 valence electrons. The molecule has 0 atom stereocenters. The van der Waals surface area contributed by atoms with Gasteiger partial charge in [0, 0.05) is 5.92 Å². The minimum Gasteiger partial charge on any atom is -0.494 e. The molecule has 0 saturated heterocycles. The predicted molar refractivity (Wildman–Crippen MR) is 112 cm³/mol. The molecule has 4 nitrogen and oxygen atoms in total. The van der Waals surface area contributed by atoms with Crippen LogP contribution < -0.4 is 4.74 Å². The summed E-state index contributed by atoms with van der Waals surface area (Å²) in [5.41, 5.74) is 5.83. The maximum Gasteiger partial charge on any atom is 0.332 e. The van der Waals surface area contributed by atoms with Crippen LogP contribution in [-0.2, 0) is 20.9 Å². The molecule has 0 radical (unpaired) electrons. The van der Waals surface area contributed by atoms with Crippen molar-refractivity contribution in [1.82, 2.24) is 0 Å². The largest absolute Gasteiger partial charge is 0.494 e. The molecule has 0 fully saturated rings. The fourth-order valence-corrected chi connectivity index (χ4v) is 3.76. The molecule has 0 amide bonds. The monoisotopic (exact) mass is 388 g/mol. The first-order valence-electron chi connectivity index (χ1n) is 9.89. The third-order valence-electron chi connectivity index (χ3n) is 5.10. The Morgan fingerprint density at radius 3 is 2.10 bits per heavy atom. The van der Waals surface area contributed by atoms with Crippen molar-refractivity contribution in [2.75, 3.05) is 19.8 Å². The SMILES string of the molecule is CCOc1ccc(COCC(=O)OCC2c3ccccc3-c3ccccc32)cc1. The second-order valence-electron chi connectivity index (χ2n) is 6.98. The van der Waals surface area contributed by atoms with Gasteiger partial charge in [-0.3, -0.25) is 0 Å². The standard InChI is InChI=1S/C25H24O4/c1-2-28-19-13-11-18(12-14-19)15-27-17-25(26)29-16-24-22-9-5-3-7-20(22)21-8-4-6-10-23(21)24/h3-14,24H,2,15-17H2,1H3. The van der Waals surface area contributed by atoms with Gasteiger partial charge in [0.15, 0.2) is 0 Å². The number of rotatable bonds is 8. The lowest BCUT2D eigenvalue weighted by Crippen LogP contribution is -2.17. The number of carbonyl (C=O) groups excluding carboxylic acids is 1. The average Bonchev–Trinajstić information content (AvgIpc) is 3.08. The summed E-state index contributed by atoms with van der Waals surface area (Å²) in [7, 11) is 0. The Hall–Kier alpha value is -3.11. The van der Waals surface area contributed by atoms with Crippen LogP contribution in [0.5, 0.6) is 5.75 Å². The van der Waals surface area contributed by atoms with Crippen LogP contribution in [0, 0.1) is 0 Å². The Bertz CT molecular complexity index is 933. The van der Waals surface area contributed by atoms with Crippen LogP contribution in [0.25, 0.3) is 11.1 Å². The lowest BCUT2D eigenvalue weighted by Gasteiger charge is -2.14. The number of hydrogen-bond donors (Lipinski definition) is 0. The molecule has 0 aromatic heterocycles. The molecule has 0 bridgehead atoms. The van der Waals surface area contributed by atoms with E-state index in [0.717, 1.165) is 11.3 Å². The van der Waals surface area contributed by atoms with Crippen molar-refractivity contribution in [3.05, 3.63) is 89.5 Å². The molecule has 0 aliphatic heterocycles. The number of ether oxygens (including phenoxy) is 3.